The van der Waals surface area contributed by atoms with Crippen molar-refractivity contribution in [1.82, 2.24) is 0 Å². The Morgan fingerprint density at radius 2 is 1.56 bits per heavy atom. The second-order valence-electron chi connectivity index (χ2n) is 6.04. The number of phenolic OH excluding ortho intramolecular Hbond substituents is 1. The smallest absolute Gasteiger partial charge is 0.282 e. The van der Waals surface area contributed by atoms with Gasteiger partial charge in [-0.1, -0.05) is 58.4 Å². The molecule has 0 atom stereocenters. The van der Waals surface area contributed by atoms with Gasteiger partial charge in [-0.25, -0.2) is 4.99 Å². The average Bonchev–Trinajstić information content (AvgIpc) is 3.01. The molecule has 1 amide bonds. The highest BCUT2D eigenvalue weighted by molar-refractivity contribution is 9.10. The van der Waals surface area contributed by atoms with E-state index in [-0.39, 0.29) is 11.7 Å². The minimum Gasteiger partial charge on any atom is -0.508 e. The first-order valence-electron chi connectivity index (χ1n) is 8.37. The lowest BCUT2D eigenvalue weighted by Crippen LogP contribution is -2.32. The second-order valence-corrected chi connectivity index (χ2v) is 6.96. The molecule has 4 nitrogen and oxygen atoms in total. The van der Waals surface area contributed by atoms with Gasteiger partial charge in [0.1, 0.15) is 17.3 Å². The lowest BCUT2D eigenvalue weighted by molar-refractivity contribution is -0.113. The summed E-state index contributed by atoms with van der Waals surface area (Å²) in [6, 6.07) is 23.8. The molecule has 132 valence electrons. The molecule has 3 aromatic carbocycles. The highest BCUT2D eigenvalue weighted by Crippen LogP contribution is 2.29. The summed E-state index contributed by atoms with van der Waals surface area (Å²) in [5, 5.41) is 9.57. The highest BCUT2D eigenvalue weighted by Gasteiger charge is 2.32. The number of aliphatic imine (C=N–C) groups is 1. The summed E-state index contributed by atoms with van der Waals surface area (Å²) in [4.78, 5) is 19.3. The maximum absolute atomic E-state index is 13.1. The third-order valence-electron chi connectivity index (χ3n) is 4.17. The summed E-state index contributed by atoms with van der Waals surface area (Å²) >= 11 is 3.41. The van der Waals surface area contributed by atoms with Crippen molar-refractivity contribution >= 4 is 39.4 Å². The Morgan fingerprint density at radius 1 is 0.889 bits per heavy atom. The number of carbonyl (C=O) groups excluding carboxylic acids is 1. The summed E-state index contributed by atoms with van der Waals surface area (Å²) in [7, 11) is 0. The Labute approximate surface area is 165 Å². The van der Waals surface area contributed by atoms with E-state index in [0.29, 0.717) is 17.2 Å². The molecule has 1 aliphatic heterocycles. The van der Waals surface area contributed by atoms with Crippen LogP contribution in [0.1, 0.15) is 11.1 Å². The number of phenols is 1. The van der Waals surface area contributed by atoms with Crippen LogP contribution in [0, 0.1) is 0 Å². The Morgan fingerprint density at radius 3 is 2.22 bits per heavy atom. The van der Waals surface area contributed by atoms with Crippen molar-refractivity contribution in [2.75, 3.05) is 4.90 Å². The van der Waals surface area contributed by atoms with Gasteiger partial charge in [0.15, 0.2) is 0 Å². The zero-order valence-corrected chi connectivity index (χ0v) is 15.8. The molecule has 0 saturated carbocycles. The fourth-order valence-corrected chi connectivity index (χ4v) is 3.12. The van der Waals surface area contributed by atoms with Crippen LogP contribution in [-0.2, 0) is 4.79 Å². The van der Waals surface area contributed by atoms with E-state index in [4.69, 9.17) is 0 Å². The molecule has 0 saturated heterocycles. The molecule has 0 spiro atoms. The molecule has 0 aromatic heterocycles. The number of carbonyl (C=O) groups is 1. The van der Waals surface area contributed by atoms with Crippen molar-refractivity contribution in [2.24, 2.45) is 4.99 Å². The largest absolute Gasteiger partial charge is 0.508 e. The van der Waals surface area contributed by atoms with E-state index in [9.17, 15) is 9.90 Å². The van der Waals surface area contributed by atoms with Crippen molar-refractivity contribution < 1.29 is 9.90 Å². The van der Waals surface area contributed by atoms with Crippen molar-refractivity contribution in [2.45, 2.75) is 0 Å². The lowest BCUT2D eigenvalue weighted by Gasteiger charge is -2.18. The molecule has 1 heterocycles. The van der Waals surface area contributed by atoms with E-state index in [1.54, 1.807) is 35.2 Å². The van der Waals surface area contributed by atoms with Crippen LogP contribution in [0.15, 0.2) is 94.0 Å². The molecule has 27 heavy (non-hydrogen) atoms. The monoisotopic (exact) mass is 418 g/mol. The lowest BCUT2D eigenvalue weighted by atomic mass is 10.1. The molecule has 0 radical (unpaired) electrons. The second kappa shape index (κ2) is 7.21. The number of aromatic hydroxyl groups is 1. The number of hydrogen-bond acceptors (Lipinski definition) is 3. The van der Waals surface area contributed by atoms with Crippen molar-refractivity contribution in [3.63, 3.8) is 0 Å². The van der Waals surface area contributed by atoms with Crippen LogP contribution in [0.3, 0.4) is 0 Å². The van der Waals surface area contributed by atoms with Gasteiger partial charge >= 0.3 is 0 Å². The van der Waals surface area contributed by atoms with Crippen LogP contribution in [0.5, 0.6) is 5.75 Å². The molecule has 0 aliphatic carbocycles. The topological polar surface area (TPSA) is 52.9 Å². The minimum absolute atomic E-state index is 0.147. The molecule has 3 aromatic rings. The van der Waals surface area contributed by atoms with E-state index in [2.05, 4.69) is 20.9 Å². The highest BCUT2D eigenvalue weighted by atomic mass is 79.9. The van der Waals surface area contributed by atoms with E-state index in [1.165, 1.54) is 0 Å². The van der Waals surface area contributed by atoms with Gasteiger partial charge in [-0.15, -0.1) is 0 Å². The number of nitrogens with zero attached hydrogens (tertiary/aromatic N) is 2. The minimum atomic E-state index is -0.206. The average molecular weight is 419 g/mol. The van der Waals surface area contributed by atoms with Crippen LogP contribution in [0.2, 0.25) is 0 Å². The number of benzene rings is 3. The molecule has 1 aliphatic rings. The van der Waals surface area contributed by atoms with E-state index >= 15 is 0 Å². The summed E-state index contributed by atoms with van der Waals surface area (Å²) in [6.45, 7) is 0. The van der Waals surface area contributed by atoms with E-state index < -0.39 is 0 Å². The van der Waals surface area contributed by atoms with Crippen molar-refractivity contribution in [1.29, 1.82) is 0 Å². The molecule has 1 N–H and O–H groups in total. The van der Waals surface area contributed by atoms with Gasteiger partial charge in [0.25, 0.3) is 5.91 Å². The van der Waals surface area contributed by atoms with Crippen molar-refractivity contribution in [3.05, 3.63) is 100 Å². The Hall–Kier alpha value is -3.18. The third-order valence-corrected chi connectivity index (χ3v) is 4.70. The first-order valence-corrected chi connectivity index (χ1v) is 9.16. The van der Waals surface area contributed by atoms with Gasteiger partial charge < -0.3 is 5.11 Å². The quantitative estimate of drug-likeness (QED) is 0.609. The predicted octanol–water partition coefficient (Wildman–Crippen LogP) is 4.99. The van der Waals surface area contributed by atoms with Gasteiger partial charge in [0.05, 0.1) is 5.69 Å². The number of amidine groups is 1. The van der Waals surface area contributed by atoms with E-state index in [1.807, 2.05) is 54.6 Å². The summed E-state index contributed by atoms with van der Waals surface area (Å²) in [6.07, 6.45) is 1.78. The number of anilines is 1. The summed E-state index contributed by atoms with van der Waals surface area (Å²) < 4.78 is 0.974. The first-order chi connectivity index (χ1) is 13.1. The van der Waals surface area contributed by atoms with Gasteiger partial charge in [0, 0.05) is 10.0 Å². The zero-order chi connectivity index (χ0) is 18.8. The number of halogens is 1. The van der Waals surface area contributed by atoms with Gasteiger partial charge in [-0.2, -0.15) is 0 Å². The van der Waals surface area contributed by atoms with Gasteiger partial charge in [-0.05, 0) is 48.0 Å². The molecule has 0 fully saturated rings. The van der Waals surface area contributed by atoms with Crippen LogP contribution in [0.4, 0.5) is 5.69 Å². The molecular formula is C22H15BrN2O2. The van der Waals surface area contributed by atoms with Gasteiger partial charge in [0.2, 0.25) is 0 Å². The summed E-state index contributed by atoms with van der Waals surface area (Å²) in [5.74, 6) is 0.506. The van der Waals surface area contributed by atoms with Crippen LogP contribution >= 0.6 is 15.9 Å². The normalized spacial score (nSPS) is 15.3. The number of hydrogen-bond donors (Lipinski definition) is 1. The fraction of sp³-hybridized carbons (Fsp3) is 0. The van der Waals surface area contributed by atoms with Crippen molar-refractivity contribution in [3.8, 4) is 5.75 Å². The maximum Gasteiger partial charge on any atom is 0.282 e. The Balaban J connectivity index is 1.80. The first kappa shape index (κ1) is 17.2. The predicted molar refractivity (Wildman–Crippen MR) is 111 cm³/mol. The standard InChI is InChI=1S/C22H15BrN2O2/c23-17-8-6-15(7-9-17)14-20-22(27)25(18-10-12-19(26)13-11-18)21(24-20)16-4-2-1-3-5-16/h1-14,26H/b20-14+. The molecule has 4 rings (SSSR count). The zero-order valence-electron chi connectivity index (χ0n) is 14.2. The van der Waals surface area contributed by atoms with Crippen LogP contribution < -0.4 is 4.90 Å². The number of amides is 1. The SMILES string of the molecule is O=C1/C(=C\c2ccc(Br)cc2)N=C(c2ccccc2)N1c1ccc(O)cc1. The Bertz CT molecular complexity index is 1040. The van der Waals surface area contributed by atoms with Gasteiger partial charge in [-0.3, -0.25) is 9.69 Å². The molecule has 5 heteroatoms. The molecule has 0 unspecified atom stereocenters. The third kappa shape index (κ3) is 3.55. The van der Waals surface area contributed by atoms with Crippen LogP contribution in [0.25, 0.3) is 6.08 Å². The van der Waals surface area contributed by atoms with E-state index in [0.717, 1.165) is 15.6 Å². The Kier molecular flexibility index (Phi) is 4.60. The molecule has 0 bridgehead atoms. The molecular weight excluding hydrogens is 404 g/mol. The number of rotatable bonds is 3. The van der Waals surface area contributed by atoms with Crippen LogP contribution in [-0.4, -0.2) is 16.8 Å². The maximum atomic E-state index is 13.1. The summed E-state index contributed by atoms with van der Waals surface area (Å²) in [5.41, 5.74) is 2.76. The fourth-order valence-electron chi connectivity index (χ4n) is 2.86.